The maximum Gasteiger partial charge on any atom is 0.355 e. The summed E-state index contributed by atoms with van der Waals surface area (Å²) in [6, 6.07) is 19.3. The van der Waals surface area contributed by atoms with E-state index in [1.54, 1.807) is 24.3 Å². The molecule has 0 saturated heterocycles. The predicted molar refractivity (Wildman–Crippen MR) is 133 cm³/mol. The number of rotatable bonds is 8. The first kappa shape index (κ1) is 23.9. The normalized spacial score (nSPS) is 10.9. The number of nitro groups is 1. The fraction of sp³-hybridized carbons (Fsp3) is 0.0417. The SMILES string of the molecule is O=C(COc1ccc([N+](=O)[O-])cc1)N/N=C\c1ccc(OC(=O)c2sc3ccccc3c2Cl)cc1. The molecule has 4 aromatic rings. The quantitative estimate of drug-likeness (QED) is 0.114. The molecule has 0 atom stereocenters. The van der Waals surface area contributed by atoms with Gasteiger partial charge in [0.1, 0.15) is 16.4 Å². The molecule has 4 rings (SSSR count). The molecule has 176 valence electrons. The summed E-state index contributed by atoms with van der Waals surface area (Å²) < 4.78 is 11.6. The van der Waals surface area contributed by atoms with E-state index in [1.807, 2.05) is 24.3 Å². The molecule has 1 aromatic heterocycles. The van der Waals surface area contributed by atoms with E-state index in [2.05, 4.69) is 10.5 Å². The zero-order valence-corrected chi connectivity index (χ0v) is 19.4. The Hall–Kier alpha value is -4.28. The van der Waals surface area contributed by atoms with Crippen LogP contribution in [-0.2, 0) is 4.79 Å². The Labute approximate surface area is 207 Å². The highest BCUT2D eigenvalue weighted by Crippen LogP contribution is 2.35. The lowest BCUT2D eigenvalue weighted by atomic mass is 10.2. The van der Waals surface area contributed by atoms with Gasteiger partial charge in [-0.25, -0.2) is 10.2 Å². The Morgan fingerprint density at radius 3 is 2.40 bits per heavy atom. The summed E-state index contributed by atoms with van der Waals surface area (Å²) in [5.74, 6) is -0.402. The molecular formula is C24H16ClN3O6S. The minimum Gasteiger partial charge on any atom is -0.484 e. The average molecular weight is 510 g/mol. The van der Waals surface area contributed by atoms with E-state index in [4.69, 9.17) is 21.1 Å². The maximum atomic E-state index is 12.5. The third kappa shape index (κ3) is 5.99. The summed E-state index contributed by atoms with van der Waals surface area (Å²) >= 11 is 7.59. The number of hydrogen-bond acceptors (Lipinski definition) is 8. The topological polar surface area (TPSA) is 120 Å². The number of esters is 1. The smallest absolute Gasteiger partial charge is 0.355 e. The van der Waals surface area contributed by atoms with Gasteiger partial charge < -0.3 is 9.47 Å². The van der Waals surface area contributed by atoms with E-state index >= 15 is 0 Å². The summed E-state index contributed by atoms with van der Waals surface area (Å²) in [6.07, 6.45) is 1.41. The number of benzene rings is 3. The monoisotopic (exact) mass is 509 g/mol. The van der Waals surface area contributed by atoms with Crippen LogP contribution in [0.25, 0.3) is 10.1 Å². The Balaban J connectivity index is 1.27. The number of hydrogen-bond donors (Lipinski definition) is 1. The van der Waals surface area contributed by atoms with Gasteiger partial charge in [0.05, 0.1) is 16.2 Å². The van der Waals surface area contributed by atoms with Crippen molar-refractivity contribution in [2.45, 2.75) is 0 Å². The highest BCUT2D eigenvalue weighted by Gasteiger charge is 2.18. The second kappa shape index (κ2) is 10.8. The number of carbonyl (C=O) groups excluding carboxylic acids is 2. The molecule has 1 heterocycles. The predicted octanol–water partition coefficient (Wildman–Crippen LogP) is 5.21. The van der Waals surface area contributed by atoms with E-state index in [0.29, 0.717) is 27.0 Å². The van der Waals surface area contributed by atoms with Gasteiger partial charge in [-0.15, -0.1) is 11.3 Å². The van der Waals surface area contributed by atoms with Crippen molar-refractivity contribution in [1.82, 2.24) is 5.43 Å². The van der Waals surface area contributed by atoms with Crippen LogP contribution < -0.4 is 14.9 Å². The number of non-ortho nitro benzene ring substituents is 1. The van der Waals surface area contributed by atoms with Gasteiger partial charge in [0.25, 0.3) is 11.6 Å². The second-order valence-electron chi connectivity index (χ2n) is 7.03. The van der Waals surface area contributed by atoms with Crippen LogP contribution in [0.1, 0.15) is 15.2 Å². The highest BCUT2D eigenvalue weighted by molar-refractivity contribution is 7.21. The summed E-state index contributed by atoms with van der Waals surface area (Å²) in [7, 11) is 0. The van der Waals surface area contributed by atoms with Gasteiger partial charge in [-0.1, -0.05) is 29.8 Å². The number of fused-ring (bicyclic) bond motifs is 1. The molecule has 0 aliphatic rings. The zero-order chi connectivity index (χ0) is 24.8. The second-order valence-corrected chi connectivity index (χ2v) is 8.46. The van der Waals surface area contributed by atoms with E-state index in [1.165, 1.54) is 41.8 Å². The summed E-state index contributed by atoms with van der Waals surface area (Å²) in [5.41, 5.74) is 2.90. The van der Waals surface area contributed by atoms with E-state index in [-0.39, 0.29) is 12.3 Å². The lowest BCUT2D eigenvalue weighted by Crippen LogP contribution is -2.24. The van der Waals surface area contributed by atoms with Crippen molar-refractivity contribution in [1.29, 1.82) is 0 Å². The molecule has 9 nitrogen and oxygen atoms in total. The summed E-state index contributed by atoms with van der Waals surface area (Å²) in [4.78, 5) is 34.8. The molecule has 3 aromatic carbocycles. The van der Waals surface area contributed by atoms with Crippen LogP contribution in [0, 0.1) is 10.1 Å². The Kier molecular flexibility index (Phi) is 7.34. The Morgan fingerprint density at radius 2 is 1.71 bits per heavy atom. The van der Waals surface area contributed by atoms with Crippen molar-refractivity contribution >= 4 is 56.8 Å². The van der Waals surface area contributed by atoms with Gasteiger partial charge in [-0.05, 0) is 48.0 Å². The van der Waals surface area contributed by atoms with Crippen molar-refractivity contribution in [3.05, 3.63) is 98.4 Å². The van der Waals surface area contributed by atoms with Gasteiger partial charge in [-0.3, -0.25) is 14.9 Å². The molecule has 35 heavy (non-hydrogen) atoms. The van der Waals surface area contributed by atoms with Crippen molar-refractivity contribution in [2.24, 2.45) is 5.10 Å². The van der Waals surface area contributed by atoms with Crippen molar-refractivity contribution < 1.29 is 24.0 Å². The molecule has 0 bridgehead atoms. The number of halogens is 1. The average Bonchev–Trinajstić information content (AvgIpc) is 3.21. The first-order valence-corrected chi connectivity index (χ1v) is 11.3. The molecule has 0 unspecified atom stereocenters. The number of nitro benzene ring substituents is 1. The third-order valence-electron chi connectivity index (χ3n) is 4.63. The van der Waals surface area contributed by atoms with E-state index in [9.17, 15) is 19.7 Å². The molecule has 0 fully saturated rings. The van der Waals surface area contributed by atoms with Crippen LogP contribution >= 0.6 is 22.9 Å². The fourth-order valence-corrected chi connectivity index (χ4v) is 4.33. The molecule has 0 saturated carbocycles. The molecule has 0 aliphatic heterocycles. The number of amides is 1. The van der Waals surface area contributed by atoms with Crippen molar-refractivity contribution in [2.75, 3.05) is 6.61 Å². The van der Waals surface area contributed by atoms with Gasteiger partial charge >= 0.3 is 5.97 Å². The molecule has 1 N–H and O–H groups in total. The van der Waals surface area contributed by atoms with Gasteiger partial charge in [0.15, 0.2) is 6.61 Å². The zero-order valence-electron chi connectivity index (χ0n) is 17.8. The number of thiophene rings is 1. The van der Waals surface area contributed by atoms with Crippen LogP contribution in [0.2, 0.25) is 5.02 Å². The molecule has 11 heteroatoms. The van der Waals surface area contributed by atoms with Gasteiger partial charge in [0.2, 0.25) is 0 Å². The van der Waals surface area contributed by atoms with Crippen LogP contribution in [0.15, 0.2) is 77.9 Å². The number of ether oxygens (including phenoxy) is 2. The van der Waals surface area contributed by atoms with Crippen LogP contribution in [0.4, 0.5) is 5.69 Å². The summed E-state index contributed by atoms with van der Waals surface area (Å²) in [5, 5.41) is 15.7. The van der Waals surface area contributed by atoms with Crippen molar-refractivity contribution in [3.8, 4) is 11.5 Å². The van der Waals surface area contributed by atoms with Crippen LogP contribution in [0.3, 0.4) is 0 Å². The molecule has 0 spiro atoms. The Bertz CT molecular complexity index is 1420. The first-order chi connectivity index (χ1) is 16.9. The fourth-order valence-electron chi connectivity index (χ4n) is 2.94. The lowest BCUT2D eigenvalue weighted by molar-refractivity contribution is -0.384. The summed E-state index contributed by atoms with van der Waals surface area (Å²) in [6.45, 7) is -0.315. The van der Waals surface area contributed by atoms with Crippen LogP contribution in [0.5, 0.6) is 11.5 Å². The Morgan fingerprint density at radius 1 is 1.03 bits per heavy atom. The number of nitrogens with one attached hydrogen (secondary N) is 1. The van der Waals surface area contributed by atoms with Gasteiger partial charge in [0, 0.05) is 22.2 Å². The molecule has 0 aliphatic carbocycles. The number of nitrogens with zero attached hydrogens (tertiary/aromatic N) is 2. The molecular weight excluding hydrogens is 494 g/mol. The maximum absolute atomic E-state index is 12.5. The van der Waals surface area contributed by atoms with E-state index in [0.717, 1.165) is 10.1 Å². The molecule has 0 radical (unpaired) electrons. The lowest BCUT2D eigenvalue weighted by Gasteiger charge is -2.05. The third-order valence-corrected chi connectivity index (χ3v) is 6.29. The van der Waals surface area contributed by atoms with Crippen LogP contribution in [-0.4, -0.2) is 29.6 Å². The largest absolute Gasteiger partial charge is 0.484 e. The van der Waals surface area contributed by atoms with E-state index < -0.39 is 16.8 Å². The molecule has 1 amide bonds. The first-order valence-electron chi connectivity index (χ1n) is 10.1. The minimum absolute atomic E-state index is 0.0731. The minimum atomic E-state index is -0.544. The highest BCUT2D eigenvalue weighted by atomic mass is 35.5. The number of hydrazone groups is 1. The van der Waals surface area contributed by atoms with Crippen molar-refractivity contribution in [3.63, 3.8) is 0 Å². The standard InChI is InChI=1S/C24H16ClN3O6S/c25-22-19-3-1-2-4-20(19)35-23(22)24(30)34-18-9-5-15(6-10-18)13-26-27-21(29)14-33-17-11-7-16(8-12-17)28(31)32/h1-13H,14H2,(H,27,29)/b26-13-. The number of carbonyl (C=O) groups is 2. The van der Waals surface area contributed by atoms with Gasteiger partial charge in [-0.2, -0.15) is 5.10 Å².